The first-order valence-electron chi connectivity index (χ1n) is 15.7. The average molecular weight is 605 g/mol. The van der Waals surface area contributed by atoms with E-state index in [1.807, 2.05) is 82.6 Å². The van der Waals surface area contributed by atoms with Gasteiger partial charge < -0.3 is 9.80 Å². The first-order valence-corrected chi connectivity index (χ1v) is 15.7. The number of piperidine rings is 1. The molecule has 2 fully saturated rings. The van der Waals surface area contributed by atoms with Crippen molar-refractivity contribution < 1.29 is 18.8 Å². The first-order chi connectivity index (χ1) is 21.9. The molecule has 8 heteroatoms. The van der Waals surface area contributed by atoms with Crippen LogP contribution in [-0.4, -0.2) is 82.6 Å². The van der Waals surface area contributed by atoms with Crippen molar-refractivity contribution in [2.45, 2.75) is 31.7 Å². The van der Waals surface area contributed by atoms with Crippen LogP contribution in [0.25, 0.3) is 22.5 Å². The number of Topliss-reactive ketones (excluding diaryl/α,β-unsaturated/α-hetero) is 1. The molecular weight excluding hydrogens is 567 g/mol. The average Bonchev–Trinajstić information content (AvgIpc) is 3.11. The third-order valence-electron chi connectivity index (χ3n) is 8.88. The molecule has 1 aromatic heterocycles. The van der Waals surface area contributed by atoms with Crippen molar-refractivity contribution >= 4 is 17.6 Å². The number of aromatic nitrogens is 1. The Kier molecular flexibility index (Phi) is 9.41. The predicted molar refractivity (Wildman–Crippen MR) is 172 cm³/mol. The van der Waals surface area contributed by atoms with Crippen LogP contribution < -0.4 is 0 Å². The topological polar surface area (TPSA) is 73.8 Å². The van der Waals surface area contributed by atoms with Gasteiger partial charge in [0.05, 0.1) is 11.4 Å². The molecule has 4 aromatic rings. The van der Waals surface area contributed by atoms with E-state index in [1.54, 1.807) is 0 Å². The lowest BCUT2D eigenvalue weighted by Gasteiger charge is -2.42. The molecule has 0 N–H and O–H groups in total. The Morgan fingerprint density at radius 2 is 1.20 bits per heavy atom. The molecule has 45 heavy (non-hydrogen) atoms. The van der Waals surface area contributed by atoms with Gasteiger partial charge in [0.25, 0.3) is 5.91 Å². The third kappa shape index (κ3) is 7.35. The van der Waals surface area contributed by atoms with Gasteiger partial charge >= 0.3 is 0 Å². The van der Waals surface area contributed by atoms with Crippen molar-refractivity contribution in [3.05, 3.63) is 114 Å². The molecule has 0 saturated carbocycles. The highest BCUT2D eigenvalue weighted by molar-refractivity contribution is 5.98. The Hall–Kier alpha value is -4.69. The highest BCUT2D eigenvalue weighted by Gasteiger charge is 2.31. The first kappa shape index (κ1) is 30.3. The molecule has 230 valence electrons. The number of hydrogen-bond donors (Lipinski definition) is 0. The maximum Gasteiger partial charge on any atom is 0.254 e. The van der Waals surface area contributed by atoms with Crippen LogP contribution in [0, 0.1) is 5.82 Å². The number of pyridine rings is 1. The van der Waals surface area contributed by atoms with Gasteiger partial charge in [-0.2, -0.15) is 0 Å². The lowest BCUT2D eigenvalue weighted by Crippen LogP contribution is -2.54. The lowest BCUT2D eigenvalue weighted by atomic mass is 10.0. The molecule has 6 rings (SSSR count). The van der Waals surface area contributed by atoms with Crippen molar-refractivity contribution in [2.75, 3.05) is 39.3 Å². The Morgan fingerprint density at radius 1 is 0.644 bits per heavy atom. The summed E-state index contributed by atoms with van der Waals surface area (Å²) in [4.78, 5) is 50.1. The van der Waals surface area contributed by atoms with Gasteiger partial charge in [-0.1, -0.05) is 60.7 Å². The summed E-state index contributed by atoms with van der Waals surface area (Å²) in [5.74, 6) is -0.532. The van der Waals surface area contributed by atoms with E-state index in [0.717, 1.165) is 48.4 Å². The SMILES string of the molecule is O=C(CCC(=O)N1CCC(N2CCN(C(=O)c3cc(-c4ccccc4)nc(-c4ccccc4)c3)CC2)CC1)c1ccc(F)cc1. The summed E-state index contributed by atoms with van der Waals surface area (Å²) in [6, 6.07) is 29.5. The van der Waals surface area contributed by atoms with Crippen LogP contribution in [0.4, 0.5) is 4.39 Å². The molecule has 2 aliphatic heterocycles. The van der Waals surface area contributed by atoms with E-state index < -0.39 is 0 Å². The largest absolute Gasteiger partial charge is 0.343 e. The third-order valence-corrected chi connectivity index (χ3v) is 8.88. The van der Waals surface area contributed by atoms with Crippen molar-refractivity contribution in [2.24, 2.45) is 0 Å². The van der Waals surface area contributed by atoms with Crippen LogP contribution in [0.15, 0.2) is 97.1 Å². The number of rotatable bonds is 8. The van der Waals surface area contributed by atoms with E-state index >= 15 is 0 Å². The zero-order chi connectivity index (χ0) is 31.2. The Labute approximate surface area is 263 Å². The number of halogens is 1. The molecule has 0 atom stereocenters. The van der Waals surface area contributed by atoms with E-state index in [9.17, 15) is 18.8 Å². The summed E-state index contributed by atoms with van der Waals surface area (Å²) in [5.41, 5.74) is 4.57. The molecule has 3 heterocycles. The van der Waals surface area contributed by atoms with Gasteiger partial charge in [-0.25, -0.2) is 9.37 Å². The Bertz CT molecular complexity index is 1570. The maximum atomic E-state index is 13.8. The molecule has 2 aliphatic rings. The van der Waals surface area contributed by atoms with Crippen molar-refractivity contribution in [1.29, 1.82) is 0 Å². The van der Waals surface area contributed by atoms with Crippen LogP contribution in [0.1, 0.15) is 46.4 Å². The van der Waals surface area contributed by atoms with Gasteiger partial charge in [0.15, 0.2) is 5.78 Å². The molecule has 0 bridgehead atoms. The molecule has 0 aliphatic carbocycles. The lowest BCUT2D eigenvalue weighted by molar-refractivity contribution is -0.132. The van der Waals surface area contributed by atoms with Crippen LogP contribution in [-0.2, 0) is 4.79 Å². The Morgan fingerprint density at radius 3 is 1.76 bits per heavy atom. The van der Waals surface area contributed by atoms with Gasteiger partial charge in [-0.05, 0) is 49.2 Å². The second-order valence-corrected chi connectivity index (χ2v) is 11.7. The number of hydrogen-bond acceptors (Lipinski definition) is 5. The fourth-order valence-corrected chi connectivity index (χ4v) is 6.28. The summed E-state index contributed by atoms with van der Waals surface area (Å²) in [7, 11) is 0. The molecule has 2 amide bonds. The quantitative estimate of drug-likeness (QED) is 0.232. The van der Waals surface area contributed by atoms with E-state index in [0.29, 0.717) is 43.3 Å². The van der Waals surface area contributed by atoms with Crippen LogP contribution in [0.5, 0.6) is 0 Å². The van der Waals surface area contributed by atoms with Gasteiger partial charge in [0, 0.05) is 80.4 Å². The van der Waals surface area contributed by atoms with Crippen LogP contribution in [0.3, 0.4) is 0 Å². The summed E-state index contributed by atoms with van der Waals surface area (Å²) in [5, 5.41) is 0. The van der Waals surface area contributed by atoms with E-state index in [4.69, 9.17) is 4.98 Å². The zero-order valence-corrected chi connectivity index (χ0v) is 25.3. The fraction of sp³-hybridized carbons (Fsp3) is 0.297. The minimum Gasteiger partial charge on any atom is -0.343 e. The maximum absolute atomic E-state index is 13.8. The molecule has 0 unspecified atom stereocenters. The second-order valence-electron chi connectivity index (χ2n) is 11.7. The summed E-state index contributed by atoms with van der Waals surface area (Å²) >= 11 is 0. The van der Waals surface area contributed by atoms with Crippen LogP contribution >= 0.6 is 0 Å². The number of carbonyl (C=O) groups is 3. The number of likely N-dealkylation sites (tertiary alicyclic amines) is 1. The van der Waals surface area contributed by atoms with Crippen molar-refractivity contribution in [1.82, 2.24) is 19.7 Å². The number of amides is 2. The monoisotopic (exact) mass is 604 g/mol. The molecule has 7 nitrogen and oxygen atoms in total. The van der Waals surface area contributed by atoms with Gasteiger partial charge in [0.2, 0.25) is 5.91 Å². The van der Waals surface area contributed by atoms with E-state index in [2.05, 4.69) is 4.90 Å². The zero-order valence-electron chi connectivity index (χ0n) is 25.3. The molecule has 0 spiro atoms. The second kappa shape index (κ2) is 13.9. The van der Waals surface area contributed by atoms with Crippen molar-refractivity contribution in [3.63, 3.8) is 0 Å². The number of carbonyl (C=O) groups excluding carboxylic acids is 3. The van der Waals surface area contributed by atoms with Gasteiger partial charge in [-0.3, -0.25) is 19.3 Å². The molecule has 0 radical (unpaired) electrons. The van der Waals surface area contributed by atoms with Crippen LogP contribution in [0.2, 0.25) is 0 Å². The van der Waals surface area contributed by atoms with Crippen molar-refractivity contribution in [3.8, 4) is 22.5 Å². The normalized spacial score (nSPS) is 16.0. The number of ketones is 1. The predicted octanol–water partition coefficient (Wildman–Crippen LogP) is 5.97. The molecule has 3 aromatic carbocycles. The number of nitrogens with zero attached hydrogens (tertiary/aromatic N) is 4. The number of benzene rings is 3. The minimum atomic E-state index is -0.387. The van der Waals surface area contributed by atoms with Gasteiger partial charge in [-0.15, -0.1) is 0 Å². The summed E-state index contributed by atoms with van der Waals surface area (Å²) in [6.45, 7) is 4.20. The standard InChI is InChI=1S/C37H37FN4O3/c38-31-13-11-29(12-14-31)35(43)15-16-36(44)41-19-17-32(18-20-41)40-21-23-42(24-22-40)37(45)30-25-33(27-7-3-1-4-8-27)39-34(26-30)28-9-5-2-6-10-28/h1-14,25-26,32H,15-24H2. The van der Waals surface area contributed by atoms with Gasteiger partial charge in [0.1, 0.15) is 5.82 Å². The fourth-order valence-electron chi connectivity index (χ4n) is 6.28. The summed E-state index contributed by atoms with van der Waals surface area (Å²) in [6.07, 6.45) is 2.03. The smallest absolute Gasteiger partial charge is 0.254 e. The van der Waals surface area contributed by atoms with E-state index in [1.165, 1.54) is 24.3 Å². The summed E-state index contributed by atoms with van der Waals surface area (Å²) < 4.78 is 13.1. The minimum absolute atomic E-state index is 0.0126. The van der Waals surface area contributed by atoms with E-state index in [-0.39, 0.29) is 36.3 Å². The highest BCUT2D eigenvalue weighted by atomic mass is 19.1. The number of piperazine rings is 1. The Balaban J connectivity index is 1.02. The molecular formula is C37H37FN4O3. The molecule has 2 saturated heterocycles. The highest BCUT2D eigenvalue weighted by Crippen LogP contribution is 2.26.